The van der Waals surface area contributed by atoms with Gasteiger partial charge in [0.1, 0.15) is 5.75 Å². The summed E-state index contributed by atoms with van der Waals surface area (Å²) < 4.78 is 7.10. The molecule has 0 saturated carbocycles. The van der Waals surface area contributed by atoms with Gasteiger partial charge in [0.15, 0.2) is 0 Å². The molecule has 3 aromatic rings. The molecule has 5 heteroatoms. The van der Waals surface area contributed by atoms with E-state index in [1.54, 1.807) is 13.3 Å². The second kappa shape index (κ2) is 7.97. The van der Waals surface area contributed by atoms with Gasteiger partial charge in [-0.05, 0) is 42.0 Å². The van der Waals surface area contributed by atoms with E-state index in [0.717, 1.165) is 22.7 Å². The van der Waals surface area contributed by atoms with Crippen LogP contribution in [0.1, 0.15) is 11.3 Å². The highest BCUT2D eigenvalue weighted by Crippen LogP contribution is 2.12. The second-order valence-electron chi connectivity index (χ2n) is 5.46. The molecule has 2 aromatic carbocycles. The van der Waals surface area contributed by atoms with Gasteiger partial charge in [0, 0.05) is 11.9 Å². The number of hydrogen-bond donors (Lipinski definition) is 1. The first-order valence-corrected chi connectivity index (χ1v) is 7.94. The highest BCUT2D eigenvalue weighted by molar-refractivity contribution is 5.82. The summed E-state index contributed by atoms with van der Waals surface area (Å²) in [5.74, 6) is 0.600. The zero-order valence-corrected chi connectivity index (χ0v) is 13.9. The Hall–Kier alpha value is -3.34. The van der Waals surface area contributed by atoms with Gasteiger partial charge in [-0.2, -0.15) is 5.10 Å². The van der Waals surface area contributed by atoms with Crippen molar-refractivity contribution in [3.63, 3.8) is 0 Å². The number of ether oxygens (including phenoxy) is 1. The van der Waals surface area contributed by atoms with Crippen LogP contribution in [0.5, 0.6) is 5.75 Å². The van der Waals surface area contributed by atoms with Crippen LogP contribution in [0.2, 0.25) is 0 Å². The Labute approximate surface area is 146 Å². The smallest absolute Gasteiger partial charge is 0.244 e. The topological polar surface area (TPSA) is 55.6 Å². The number of hydrogen-bond acceptors (Lipinski definition) is 3. The number of nitrogens with one attached hydrogen (secondary N) is 1. The van der Waals surface area contributed by atoms with Crippen molar-refractivity contribution >= 4 is 12.1 Å². The van der Waals surface area contributed by atoms with Crippen LogP contribution in [-0.2, 0) is 11.2 Å². The molecule has 1 amide bonds. The maximum Gasteiger partial charge on any atom is 0.244 e. The lowest BCUT2D eigenvalue weighted by atomic mass is 10.1. The van der Waals surface area contributed by atoms with Crippen LogP contribution in [0.4, 0.5) is 0 Å². The molecule has 0 aliphatic rings. The zero-order valence-electron chi connectivity index (χ0n) is 13.9. The summed E-state index contributed by atoms with van der Waals surface area (Å²) in [6, 6.07) is 21.2. The first-order chi connectivity index (χ1) is 12.3. The van der Waals surface area contributed by atoms with Crippen molar-refractivity contribution in [1.29, 1.82) is 0 Å². The molecular formula is C20H19N3O2. The molecule has 1 heterocycles. The van der Waals surface area contributed by atoms with E-state index in [-0.39, 0.29) is 12.3 Å². The molecule has 0 saturated heterocycles. The standard InChI is InChI=1S/C20H19N3O2/c1-25-19-11-9-16(10-12-19)14-20(24)22-21-15-18-8-5-13-23(18)17-6-3-2-4-7-17/h2-13,15H,14H2,1H3,(H,22,24)/b21-15+. The highest BCUT2D eigenvalue weighted by atomic mass is 16.5. The van der Waals surface area contributed by atoms with Gasteiger partial charge in [-0.15, -0.1) is 0 Å². The maximum absolute atomic E-state index is 12.0. The molecule has 25 heavy (non-hydrogen) atoms. The van der Waals surface area contributed by atoms with Crippen molar-refractivity contribution in [2.45, 2.75) is 6.42 Å². The molecule has 0 fully saturated rings. The minimum atomic E-state index is -0.167. The van der Waals surface area contributed by atoms with Gasteiger partial charge in [0.2, 0.25) is 5.91 Å². The molecule has 1 aromatic heterocycles. The van der Waals surface area contributed by atoms with Crippen LogP contribution in [-0.4, -0.2) is 23.8 Å². The molecule has 0 radical (unpaired) electrons. The predicted molar refractivity (Wildman–Crippen MR) is 98.2 cm³/mol. The first kappa shape index (κ1) is 16.5. The van der Waals surface area contributed by atoms with Crippen LogP contribution in [0.15, 0.2) is 78.0 Å². The van der Waals surface area contributed by atoms with Crippen molar-refractivity contribution in [3.05, 3.63) is 84.2 Å². The Morgan fingerprint density at radius 2 is 1.84 bits per heavy atom. The van der Waals surface area contributed by atoms with Gasteiger partial charge in [-0.3, -0.25) is 4.79 Å². The summed E-state index contributed by atoms with van der Waals surface area (Å²) in [5.41, 5.74) is 5.39. The van der Waals surface area contributed by atoms with Gasteiger partial charge in [0.25, 0.3) is 0 Å². The van der Waals surface area contributed by atoms with Crippen LogP contribution < -0.4 is 10.2 Å². The van der Waals surface area contributed by atoms with E-state index in [4.69, 9.17) is 4.74 Å². The molecule has 0 aliphatic heterocycles. The fourth-order valence-electron chi connectivity index (χ4n) is 2.46. The third kappa shape index (κ3) is 4.35. The number of carbonyl (C=O) groups is 1. The molecular weight excluding hydrogens is 314 g/mol. The van der Waals surface area contributed by atoms with Crippen molar-refractivity contribution in [2.24, 2.45) is 5.10 Å². The van der Waals surface area contributed by atoms with E-state index in [2.05, 4.69) is 10.5 Å². The Bertz CT molecular complexity index is 852. The van der Waals surface area contributed by atoms with Gasteiger partial charge in [-0.25, -0.2) is 5.43 Å². The van der Waals surface area contributed by atoms with E-state index in [0.29, 0.717) is 0 Å². The lowest BCUT2D eigenvalue weighted by molar-refractivity contribution is -0.120. The minimum absolute atomic E-state index is 0.167. The molecule has 5 nitrogen and oxygen atoms in total. The Morgan fingerprint density at radius 1 is 1.08 bits per heavy atom. The number of para-hydroxylation sites is 1. The molecule has 3 rings (SSSR count). The summed E-state index contributed by atoms with van der Waals surface area (Å²) in [6.45, 7) is 0. The van der Waals surface area contributed by atoms with E-state index < -0.39 is 0 Å². The highest BCUT2D eigenvalue weighted by Gasteiger charge is 2.03. The summed E-state index contributed by atoms with van der Waals surface area (Å²) in [6.07, 6.45) is 3.86. The Morgan fingerprint density at radius 3 is 2.56 bits per heavy atom. The average Bonchev–Trinajstić information content (AvgIpc) is 3.11. The lowest BCUT2D eigenvalue weighted by Crippen LogP contribution is -2.19. The SMILES string of the molecule is COc1ccc(CC(=O)N/N=C/c2cccn2-c2ccccc2)cc1. The van der Waals surface area contributed by atoms with Crippen molar-refractivity contribution in [2.75, 3.05) is 7.11 Å². The third-order valence-electron chi connectivity index (χ3n) is 3.72. The lowest BCUT2D eigenvalue weighted by Gasteiger charge is -2.05. The van der Waals surface area contributed by atoms with E-state index in [9.17, 15) is 4.79 Å². The number of methoxy groups -OCH3 is 1. The number of aromatic nitrogens is 1. The Balaban J connectivity index is 1.60. The van der Waals surface area contributed by atoms with Gasteiger partial charge in [0.05, 0.1) is 25.4 Å². The minimum Gasteiger partial charge on any atom is -0.497 e. The van der Waals surface area contributed by atoms with Crippen molar-refractivity contribution in [3.8, 4) is 11.4 Å². The van der Waals surface area contributed by atoms with Crippen LogP contribution >= 0.6 is 0 Å². The molecule has 1 N–H and O–H groups in total. The molecule has 0 aliphatic carbocycles. The van der Waals surface area contributed by atoms with Gasteiger partial charge < -0.3 is 9.30 Å². The molecule has 0 bridgehead atoms. The van der Waals surface area contributed by atoms with Crippen LogP contribution in [0, 0.1) is 0 Å². The number of nitrogens with zero attached hydrogens (tertiary/aromatic N) is 2. The number of hydrazone groups is 1. The second-order valence-corrected chi connectivity index (χ2v) is 5.46. The van der Waals surface area contributed by atoms with Crippen LogP contribution in [0.3, 0.4) is 0 Å². The number of amides is 1. The third-order valence-corrected chi connectivity index (χ3v) is 3.72. The van der Waals surface area contributed by atoms with E-state index in [1.165, 1.54) is 0 Å². The zero-order chi connectivity index (χ0) is 17.5. The summed E-state index contributed by atoms with van der Waals surface area (Å²) >= 11 is 0. The predicted octanol–water partition coefficient (Wildman–Crippen LogP) is 3.18. The number of benzene rings is 2. The normalized spacial score (nSPS) is 10.8. The molecule has 0 atom stereocenters. The molecule has 0 unspecified atom stereocenters. The first-order valence-electron chi connectivity index (χ1n) is 7.94. The van der Waals surface area contributed by atoms with Crippen molar-refractivity contribution in [1.82, 2.24) is 9.99 Å². The van der Waals surface area contributed by atoms with Gasteiger partial charge >= 0.3 is 0 Å². The maximum atomic E-state index is 12.0. The Kier molecular flexibility index (Phi) is 5.26. The fourth-order valence-corrected chi connectivity index (χ4v) is 2.46. The van der Waals surface area contributed by atoms with Gasteiger partial charge in [-0.1, -0.05) is 30.3 Å². The summed E-state index contributed by atoms with van der Waals surface area (Å²) in [7, 11) is 1.61. The quantitative estimate of drug-likeness (QED) is 0.556. The summed E-state index contributed by atoms with van der Waals surface area (Å²) in [5, 5.41) is 4.06. The van der Waals surface area contributed by atoms with E-state index >= 15 is 0 Å². The number of rotatable bonds is 6. The molecule has 0 spiro atoms. The van der Waals surface area contributed by atoms with E-state index in [1.807, 2.05) is 77.5 Å². The molecule has 126 valence electrons. The summed E-state index contributed by atoms with van der Waals surface area (Å²) in [4.78, 5) is 12.0. The monoisotopic (exact) mass is 333 g/mol. The fraction of sp³-hybridized carbons (Fsp3) is 0.100. The van der Waals surface area contributed by atoms with Crippen molar-refractivity contribution < 1.29 is 9.53 Å². The van der Waals surface area contributed by atoms with Crippen LogP contribution in [0.25, 0.3) is 5.69 Å². The largest absolute Gasteiger partial charge is 0.497 e. The average molecular weight is 333 g/mol. The number of carbonyl (C=O) groups excluding carboxylic acids is 1.